The first-order chi connectivity index (χ1) is 13.9. The van der Waals surface area contributed by atoms with E-state index in [9.17, 15) is 31.2 Å². The Hall–Kier alpha value is -2.47. The van der Waals surface area contributed by atoms with Crippen molar-refractivity contribution in [2.24, 2.45) is 5.92 Å². The lowest BCUT2D eigenvalue weighted by Crippen LogP contribution is -2.38. The molecule has 0 bridgehead atoms. The fourth-order valence-electron chi connectivity index (χ4n) is 3.67. The van der Waals surface area contributed by atoms with E-state index in [-0.39, 0.29) is 11.6 Å². The third kappa shape index (κ3) is 2.84. The number of carbonyl (C=O) groups is 2. The van der Waals surface area contributed by atoms with Gasteiger partial charge >= 0.3 is 11.5 Å². The van der Waals surface area contributed by atoms with Gasteiger partial charge in [-0.3, -0.25) is 9.69 Å². The van der Waals surface area contributed by atoms with Crippen LogP contribution in [0, 0.1) is 5.92 Å². The molecule has 3 amide bonds. The zero-order valence-corrected chi connectivity index (χ0v) is 17.6. The summed E-state index contributed by atoms with van der Waals surface area (Å²) in [6.07, 6.45) is 1.89. The predicted molar refractivity (Wildman–Crippen MR) is 103 cm³/mol. The second-order valence-electron chi connectivity index (χ2n) is 7.07. The highest BCUT2D eigenvalue weighted by atomic mass is 79.9. The van der Waals surface area contributed by atoms with Crippen molar-refractivity contribution in [3.05, 3.63) is 47.2 Å². The minimum Gasteiger partial charge on any atom is -0.278 e. The summed E-state index contributed by atoms with van der Waals surface area (Å²) in [6, 6.07) is 5.98. The Bertz CT molecular complexity index is 1170. The van der Waals surface area contributed by atoms with Gasteiger partial charge in [0.05, 0.1) is 16.3 Å². The van der Waals surface area contributed by atoms with Crippen molar-refractivity contribution < 1.29 is 31.2 Å². The van der Waals surface area contributed by atoms with Gasteiger partial charge in [-0.2, -0.15) is 13.2 Å². The van der Waals surface area contributed by atoms with Crippen LogP contribution in [-0.4, -0.2) is 36.4 Å². The number of imide groups is 1. The maximum absolute atomic E-state index is 13.2. The predicted octanol–water partition coefficient (Wildman–Crippen LogP) is 3.89. The number of benzene rings is 1. The first-order valence-electron chi connectivity index (χ1n) is 8.63. The molecule has 1 aliphatic heterocycles. The van der Waals surface area contributed by atoms with E-state index in [1.807, 2.05) is 6.92 Å². The lowest BCUT2D eigenvalue weighted by molar-refractivity contribution is -0.119. The van der Waals surface area contributed by atoms with Crippen molar-refractivity contribution in [2.75, 3.05) is 9.80 Å². The van der Waals surface area contributed by atoms with Gasteiger partial charge in [0.25, 0.3) is 15.7 Å². The molecule has 1 spiro atoms. The minimum atomic E-state index is -5.53. The van der Waals surface area contributed by atoms with Gasteiger partial charge in [0.1, 0.15) is 10.1 Å². The molecule has 1 aliphatic carbocycles. The average molecular weight is 504 g/mol. The fourth-order valence-corrected chi connectivity index (χ4v) is 4.79. The number of rotatable bonds is 3. The van der Waals surface area contributed by atoms with Crippen LogP contribution in [0.2, 0.25) is 0 Å². The van der Waals surface area contributed by atoms with E-state index in [0.29, 0.717) is 16.7 Å². The summed E-state index contributed by atoms with van der Waals surface area (Å²) >= 11 is 3.22. The number of amides is 3. The molecule has 2 aromatic rings. The third-order valence-electron chi connectivity index (χ3n) is 5.31. The van der Waals surface area contributed by atoms with Crippen molar-refractivity contribution >= 4 is 49.1 Å². The summed E-state index contributed by atoms with van der Waals surface area (Å²) in [4.78, 5) is 31.6. The normalized spacial score (nSPS) is 24.1. The molecular weight excluding hydrogens is 491 g/mol. The Morgan fingerprint density at radius 2 is 1.73 bits per heavy atom. The highest BCUT2D eigenvalue weighted by Crippen LogP contribution is 2.55. The maximum atomic E-state index is 13.2. The molecule has 0 N–H and O–H groups in total. The molecule has 2 fully saturated rings. The van der Waals surface area contributed by atoms with Crippen LogP contribution in [0.3, 0.4) is 0 Å². The standard InChI is InChI=1S/C18H13BrF3N3O4S/c1-10-9-17(10)15(26)24(16(27)25(17)12-6-7-23-14(19)8-12)11-2-4-13(5-3-11)30(28,29)18(20,21)22/h2-8,10H,9H2,1H3. The fraction of sp³-hybridized carbons (Fsp3) is 0.278. The van der Waals surface area contributed by atoms with Crippen LogP contribution in [0.4, 0.5) is 29.3 Å². The Labute approximate surface area is 177 Å². The second-order valence-corrected chi connectivity index (χ2v) is 9.82. The summed E-state index contributed by atoms with van der Waals surface area (Å²) in [5.74, 6) is -0.643. The van der Waals surface area contributed by atoms with E-state index in [0.717, 1.165) is 29.2 Å². The van der Waals surface area contributed by atoms with Crippen molar-refractivity contribution in [1.82, 2.24) is 4.98 Å². The molecule has 2 atom stereocenters. The van der Waals surface area contributed by atoms with Crippen LogP contribution < -0.4 is 9.80 Å². The lowest BCUT2D eigenvalue weighted by Gasteiger charge is -2.22. The number of sulfone groups is 1. The summed E-state index contributed by atoms with van der Waals surface area (Å²) in [5.41, 5.74) is -6.11. The number of hydrogen-bond acceptors (Lipinski definition) is 5. The van der Waals surface area contributed by atoms with Crippen LogP contribution in [0.1, 0.15) is 13.3 Å². The number of aromatic nitrogens is 1. The van der Waals surface area contributed by atoms with Crippen molar-refractivity contribution in [1.29, 1.82) is 0 Å². The smallest absolute Gasteiger partial charge is 0.278 e. The molecule has 2 unspecified atom stereocenters. The summed E-state index contributed by atoms with van der Waals surface area (Å²) in [5, 5.41) is 0. The largest absolute Gasteiger partial charge is 0.501 e. The number of pyridine rings is 1. The van der Waals surface area contributed by atoms with Crippen molar-refractivity contribution in [3.63, 3.8) is 0 Å². The zero-order valence-electron chi connectivity index (χ0n) is 15.2. The van der Waals surface area contributed by atoms with Crippen LogP contribution in [0.15, 0.2) is 52.1 Å². The lowest BCUT2D eigenvalue weighted by atomic mass is 10.1. The van der Waals surface area contributed by atoms with Gasteiger partial charge in [-0.15, -0.1) is 0 Å². The molecule has 30 heavy (non-hydrogen) atoms. The van der Waals surface area contributed by atoms with E-state index >= 15 is 0 Å². The van der Waals surface area contributed by atoms with Crippen LogP contribution in [0.5, 0.6) is 0 Å². The highest BCUT2D eigenvalue weighted by Gasteiger charge is 2.70. The molecule has 7 nitrogen and oxygen atoms in total. The third-order valence-corrected chi connectivity index (χ3v) is 7.24. The van der Waals surface area contributed by atoms with Gasteiger partial charge < -0.3 is 0 Å². The molecular formula is C18H13BrF3N3O4S. The molecule has 1 aromatic carbocycles. The van der Waals surface area contributed by atoms with E-state index < -0.39 is 37.7 Å². The van der Waals surface area contributed by atoms with Gasteiger partial charge in [0.15, 0.2) is 0 Å². The molecule has 158 valence electrons. The topological polar surface area (TPSA) is 87.7 Å². The summed E-state index contributed by atoms with van der Waals surface area (Å²) in [6.45, 7) is 1.82. The second kappa shape index (κ2) is 6.51. The minimum absolute atomic E-state index is 0.0137. The molecule has 0 radical (unpaired) electrons. The van der Waals surface area contributed by atoms with Gasteiger partial charge in [-0.05, 0) is 64.7 Å². The quantitative estimate of drug-likeness (QED) is 0.468. The molecule has 1 saturated carbocycles. The Morgan fingerprint density at radius 1 is 1.13 bits per heavy atom. The Morgan fingerprint density at radius 3 is 2.23 bits per heavy atom. The molecule has 2 heterocycles. The number of alkyl halides is 3. The van der Waals surface area contributed by atoms with Crippen molar-refractivity contribution in [3.8, 4) is 0 Å². The van der Waals surface area contributed by atoms with Crippen LogP contribution in [-0.2, 0) is 14.6 Å². The summed E-state index contributed by atoms with van der Waals surface area (Å²) < 4.78 is 61.8. The van der Waals surface area contributed by atoms with Gasteiger partial charge in [0, 0.05) is 6.20 Å². The average Bonchev–Trinajstić information content (AvgIpc) is 3.27. The Balaban J connectivity index is 1.74. The van der Waals surface area contributed by atoms with E-state index in [1.165, 1.54) is 11.1 Å². The van der Waals surface area contributed by atoms with Crippen molar-refractivity contribution in [2.45, 2.75) is 29.3 Å². The monoisotopic (exact) mass is 503 g/mol. The SMILES string of the molecule is CC1CC12C(=O)N(c1ccc(S(=O)(=O)C(F)(F)F)cc1)C(=O)N2c1ccnc(Br)c1. The van der Waals surface area contributed by atoms with Gasteiger partial charge in [-0.1, -0.05) is 6.92 Å². The number of carbonyl (C=O) groups excluding carboxylic acids is 2. The Kier molecular flexibility index (Phi) is 4.51. The number of nitrogens with zero attached hydrogens (tertiary/aromatic N) is 3. The molecule has 1 saturated heterocycles. The number of urea groups is 1. The summed E-state index contributed by atoms with van der Waals surface area (Å²) in [7, 11) is -5.53. The highest BCUT2D eigenvalue weighted by molar-refractivity contribution is 9.10. The van der Waals surface area contributed by atoms with Crippen LogP contribution in [0.25, 0.3) is 0 Å². The number of halogens is 4. The van der Waals surface area contributed by atoms with E-state index in [1.54, 1.807) is 12.1 Å². The molecule has 12 heteroatoms. The molecule has 4 rings (SSSR count). The molecule has 1 aromatic heterocycles. The van der Waals surface area contributed by atoms with Gasteiger partial charge in [-0.25, -0.2) is 23.1 Å². The maximum Gasteiger partial charge on any atom is 0.501 e. The van der Waals surface area contributed by atoms with Gasteiger partial charge in [0.2, 0.25) is 0 Å². The number of anilines is 2. The molecule has 2 aliphatic rings. The van der Waals surface area contributed by atoms with E-state index in [4.69, 9.17) is 0 Å². The number of hydrogen-bond donors (Lipinski definition) is 0. The first-order valence-corrected chi connectivity index (χ1v) is 10.9. The van der Waals surface area contributed by atoms with Crippen LogP contribution >= 0.6 is 15.9 Å². The first kappa shape index (κ1) is 20.8. The van der Waals surface area contributed by atoms with E-state index in [2.05, 4.69) is 20.9 Å². The zero-order chi connectivity index (χ0) is 22.1.